The van der Waals surface area contributed by atoms with Gasteiger partial charge in [-0.05, 0) is 41.3 Å². The van der Waals surface area contributed by atoms with Gasteiger partial charge >= 0.3 is 0 Å². The number of halogens is 1. The third-order valence-corrected chi connectivity index (χ3v) is 7.35. The first kappa shape index (κ1) is 19.9. The molecule has 0 aliphatic rings. The topological polar surface area (TPSA) is 63.4 Å². The van der Waals surface area contributed by atoms with Crippen molar-refractivity contribution in [3.63, 3.8) is 0 Å². The van der Waals surface area contributed by atoms with Crippen molar-refractivity contribution in [2.24, 2.45) is 0 Å². The van der Waals surface area contributed by atoms with Crippen LogP contribution in [0.2, 0.25) is 0 Å². The van der Waals surface area contributed by atoms with E-state index in [1.54, 1.807) is 36.2 Å². The second kappa shape index (κ2) is 8.14. The summed E-state index contributed by atoms with van der Waals surface area (Å²) >= 11 is 4.78. The summed E-state index contributed by atoms with van der Waals surface area (Å²) in [6, 6.07) is 20.0. The Labute approximate surface area is 181 Å². The SMILES string of the molecule is CN(Cc1ccccc1)c1oc(-c2cccs2)nc1S(=O)(=O)c1ccc(Br)cc1. The number of rotatable bonds is 6. The first-order chi connectivity index (χ1) is 13.9. The molecule has 29 heavy (non-hydrogen) atoms. The molecule has 0 aliphatic heterocycles. The Balaban J connectivity index is 1.80. The van der Waals surface area contributed by atoms with Gasteiger partial charge in [-0.2, -0.15) is 4.98 Å². The number of sulfone groups is 1. The van der Waals surface area contributed by atoms with E-state index in [1.165, 1.54) is 11.3 Å². The van der Waals surface area contributed by atoms with Crippen LogP contribution in [0, 0.1) is 0 Å². The molecule has 2 aromatic heterocycles. The van der Waals surface area contributed by atoms with Crippen LogP contribution < -0.4 is 4.90 Å². The number of anilines is 1. The zero-order valence-electron chi connectivity index (χ0n) is 15.4. The summed E-state index contributed by atoms with van der Waals surface area (Å²) < 4.78 is 33.5. The molecule has 0 amide bonds. The smallest absolute Gasteiger partial charge is 0.240 e. The van der Waals surface area contributed by atoms with Crippen LogP contribution in [0.1, 0.15) is 5.56 Å². The minimum atomic E-state index is -3.86. The molecular formula is C21H17BrN2O3S2. The fraction of sp³-hybridized carbons (Fsp3) is 0.0952. The van der Waals surface area contributed by atoms with E-state index >= 15 is 0 Å². The minimum Gasteiger partial charge on any atom is -0.418 e. The Morgan fingerprint density at radius 2 is 1.76 bits per heavy atom. The minimum absolute atomic E-state index is 0.0818. The van der Waals surface area contributed by atoms with Crippen LogP contribution in [0.5, 0.6) is 0 Å². The molecule has 2 heterocycles. The van der Waals surface area contributed by atoms with E-state index < -0.39 is 9.84 Å². The summed E-state index contributed by atoms with van der Waals surface area (Å²) in [6.45, 7) is 0.489. The highest BCUT2D eigenvalue weighted by atomic mass is 79.9. The number of hydrogen-bond acceptors (Lipinski definition) is 6. The van der Waals surface area contributed by atoms with E-state index in [9.17, 15) is 8.42 Å². The molecule has 4 rings (SSSR count). The van der Waals surface area contributed by atoms with Gasteiger partial charge in [-0.15, -0.1) is 11.3 Å². The van der Waals surface area contributed by atoms with E-state index in [0.717, 1.165) is 14.9 Å². The van der Waals surface area contributed by atoms with Crippen LogP contribution in [0.4, 0.5) is 5.88 Å². The maximum atomic E-state index is 13.3. The molecule has 0 N–H and O–H groups in total. The normalized spacial score (nSPS) is 11.5. The van der Waals surface area contributed by atoms with Gasteiger partial charge in [-0.1, -0.05) is 52.3 Å². The number of thiophene rings is 1. The van der Waals surface area contributed by atoms with E-state index in [-0.39, 0.29) is 15.8 Å². The van der Waals surface area contributed by atoms with Crippen LogP contribution in [0.3, 0.4) is 0 Å². The van der Waals surface area contributed by atoms with Crippen molar-refractivity contribution < 1.29 is 12.8 Å². The largest absolute Gasteiger partial charge is 0.418 e. The molecule has 148 valence electrons. The van der Waals surface area contributed by atoms with Crippen molar-refractivity contribution in [1.82, 2.24) is 4.98 Å². The van der Waals surface area contributed by atoms with Crippen LogP contribution in [0.25, 0.3) is 10.8 Å². The highest BCUT2D eigenvalue weighted by Gasteiger charge is 2.30. The fourth-order valence-corrected chi connectivity index (χ4v) is 5.14. The fourth-order valence-electron chi connectivity index (χ4n) is 2.87. The molecule has 8 heteroatoms. The Morgan fingerprint density at radius 3 is 2.41 bits per heavy atom. The van der Waals surface area contributed by atoms with Gasteiger partial charge in [0.25, 0.3) is 0 Å². The number of oxazole rings is 1. The van der Waals surface area contributed by atoms with Crippen LogP contribution in [-0.2, 0) is 16.4 Å². The molecule has 0 atom stereocenters. The van der Waals surface area contributed by atoms with Crippen LogP contribution in [0.15, 0.2) is 90.9 Å². The summed E-state index contributed by atoms with van der Waals surface area (Å²) in [5, 5.41) is 1.82. The van der Waals surface area contributed by atoms with Crippen molar-refractivity contribution in [3.05, 3.63) is 82.1 Å². The molecule has 0 aliphatic carbocycles. The van der Waals surface area contributed by atoms with Crippen molar-refractivity contribution in [2.75, 3.05) is 11.9 Å². The Bertz CT molecular complexity index is 1200. The van der Waals surface area contributed by atoms with Crippen molar-refractivity contribution in [1.29, 1.82) is 0 Å². The predicted octanol–water partition coefficient (Wildman–Crippen LogP) is 5.63. The molecule has 2 aromatic carbocycles. The molecule has 0 fully saturated rings. The van der Waals surface area contributed by atoms with Gasteiger partial charge in [0.15, 0.2) is 0 Å². The van der Waals surface area contributed by atoms with E-state index in [1.807, 2.05) is 47.8 Å². The van der Waals surface area contributed by atoms with Gasteiger partial charge in [-0.25, -0.2) is 8.42 Å². The number of aromatic nitrogens is 1. The quantitative estimate of drug-likeness (QED) is 0.351. The molecule has 0 unspecified atom stereocenters. The lowest BCUT2D eigenvalue weighted by Crippen LogP contribution is -2.18. The highest BCUT2D eigenvalue weighted by molar-refractivity contribution is 9.10. The van der Waals surface area contributed by atoms with E-state index in [0.29, 0.717) is 12.4 Å². The van der Waals surface area contributed by atoms with E-state index in [4.69, 9.17) is 4.42 Å². The van der Waals surface area contributed by atoms with Crippen molar-refractivity contribution in [3.8, 4) is 10.8 Å². The molecule has 0 bridgehead atoms. The lowest BCUT2D eigenvalue weighted by atomic mass is 10.2. The second-order valence-electron chi connectivity index (χ2n) is 6.41. The average Bonchev–Trinajstić information content (AvgIpc) is 3.39. The van der Waals surface area contributed by atoms with E-state index in [2.05, 4.69) is 20.9 Å². The summed E-state index contributed by atoms with van der Waals surface area (Å²) in [4.78, 5) is 7.10. The van der Waals surface area contributed by atoms with Gasteiger partial charge in [0.2, 0.25) is 26.6 Å². The van der Waals surface area contributed by atoms with Crippen LogP contribution >= 0.6 is 27.3 Å². The predicted molar refractivity (Wildman–Crippen MR) is 118 cm³/mol. The van der Waals surface area contributed by atoms with Crippen molar-refractivity contribution >= 4 is 43.0 Å². The lowest BCUT2D eigenvalue weighted by Gasteiger charge is -2.17. The third-order valence-electron chi connectivity index (χ3n) is 4.30. The average molecular weight is 489 g/mol. The Kier molecular flexibility index (Phi) is 5.58. The van der Waals surface area contributed by atoms with Crippen molar-refractivity contribution in [2.45, 2.75) is 16.5 Å². The molecule has 5 nitrogen and oxygen atoms in total. The Morgan fingerprint density at radius 1 is 1.03 bits per heavy atom. The highest BCUT2D eigenvalue weighted by Crippen LogP contribution is 2.36. The zero-order valence-corrected chi connectivity index (χ0v) is 18.7. The maximum Gasteiger partial charge on any atom is 0.240 e. The second-order valence-corrected chi connectivity index (χ2v) is 10.1. The first-order valence-electron chi connectivity index (χ1n) is 8.75. The zero-order chi connectivity index (χ0) is 20.4. The van der Waals surface area contributed by atoms with Gasteiger partial charge < -0.3 is 9.32 Å². The molecule has 0 spiro atoms. The Hall–Kier alpha value is -2.42. The summed E-state index contributed by atoms with van der Waals surface area (Å²) in [6.07, 6.45) is 0. The van der Waals surface area contributed by atoms with Gasteiger partial charge in [0.1, 0.15) is 0 Å². The summed E-state index contributed by atoms with van der Waals surface area (Å²) in [7, 11) is -2.06. The molecule has 0 radical (unpaired) electrons. The monoisotopic (exact) mass is 488 g/mol. The summed E-state index contributed by atoms with van der Waals surface area (Å²) in [5.41, 5.74) is 1.04. The number of benzene rings is 2. The number of nitrogens with zero attached hydrogens (tertiary/aromatic N) is 2. The first-order valence-corrected chi connectivity index (χ1v) is 11.9. The maximum absolute atomic E-state index is 13.3. The number of hydrogen-bond donors (Lipinski definition) is 0. The summed E-state index contributed by atoms with van der Waals surface area (Å²) in [5.74, 6) is 0.519. The third kappa shape index (κ3) is 4.14. The molecular weight excluding hydrogens is 472 g/mol. The van der Waals surface area contributed by atoms with Gasteiger partial charge in [-0.3, -0.25) is 0 Å². The van der Waals surface area contributed by atoms with Gasteiger partial charge in [0.05, 0.1) is 9.77 Å². The lowest BCUT2D eigenvalue weighted by molar-refractivity contribution is 0.555. The molecule has 0 saturated heterocycles. The van der Waals surface area contributed by atoms with Gasteiger partial charge in [0, 0.05) is 18.1 Å². The van der Waals surface area contributed by atoms with Crippen LogP contribution in [-0.4, -0.2) is 20.4 Å². The standard InChI is InChI=1S/C21H17BrN2O3S2/c1-24(14-15-6-3-2-4-7-15)21-20(23-19(27-21)18-8-5-13-28-18)29(25,26)17-11-9-16(22)10-12-17/h2-13H,14H2,1H3. The molecule has 4 aromatic rings. The molecule has 0 saturated carbocycles.